The van der Waals surface area contributed by atoms with Crippen LogP contribution in [-0.2, 0) is 14.3 Å². The maximum absolute atomic E-state index is 12.1. The summed E-state index contributed by atoms with van der Waals surface area (Å²) in [5, 5.41) is 10.9. The SMILES string of the molecule is CCCCC/C=C/CCCCCCCCCCCCCCCC(=O)OC(CC(=O)[O-])C[N+](C)(C)C. The molecule has 1 unspecified atom stereocenters. The van der Waals surface area contributed by atoms with Crippen LogP contribution in [0.5, 0.6) is 0 Å². The molecule has 0 saturated heterocycles. The smallest absolute Gasteiger partial charge is 0.306 e. The van der Waals surface area contributed by atoms with Gasteiger partial charge >= 0.3 is 5.97 Å². The molecule has 0 rings (SSSR count). The monoisotopic (exact) mass is 495 g/mol. The van der Waals surface area contributed by atoms with E-state index in [4.69, 9.17) is 4.74 Å². The maximum atomic E-state index is 12.1. The van der Waals surface area contributed by atoms with E-state index in [1.807, 2.05) is 21.1 Å². The number of carboxylic acid groups (broad SMARTS) is 1. The highest BCUT2D eigenvalue weighted by atomic mass is 16.5. The van der Waals surface area contributed by atoms with Crippen molar-refractivity contribution in [2.24, 2.45) is 0 Å². The molecule has 0 amide bonds. The van der Waals surface area contributed by atoms with Crippen molar-refractivity contribution >= 4 is 11.9 Å². The molecule has 0 aliphatic carbocycles. The number of ether oxygens (including phenoxy) is 1. The van der Waals surface area contributed by atoms with Crippen molar-refractivity contribution in [3.8, 4) is 0 Å². The van der Waals surface area contributed by atoms with Gasteiger partial charge in [-0.05, 0) is 32.1 Å². The van der Waals surface area contributed by atoms with Gasteiger partial charge in [0.1, 0.15) is 6.54 Å². The molecule has 0 aromatic heterocycles. The van der Waals surface area contributed by atoms with Crippen molar-refractivity contribution in [1.82, 2.24) is 0 Å². The molecule has 0 aliphatic heterocycles. The molecule has 0 bridgehead atoms. The van der Waals surface area contributed by atoms with Crippen LogP contribution in [0, 0.1) is 0 Å². The molecule has 0 aromatic rings. The molecule has 206 valence electrons. The highest BCUT2D eigenvalue weighted by Gasteiger charge is 2.22. The summed E-state index contributed by atoms with van der Waals surface area (Å²) in [6, 6.07) is 0. The first kappa shape index (κ1) is 33.6. The number of likely N-dealkylation sites (N-methyl/N-ethyl adjacent to an activating group) is 1. The van der Waals surface area contributed by atoms with Crippen molar-refractivity contribution < 1.29 is 23.9 Å². The first-order valence-corrected chi connectivity index (χ1v) is 14.6. The Morgan fingerprint density at radius 2 is 1.14 bits per heavy atom. The highest BCUT2D eigenvalue weighted by Crippen LogP contribution is 2.14. The largest absolute Gasteiger partial charge is 0.550 e. The van der Waals surface area contributed by atoms with Crippen LogP contribution in [0.4, 0.5) is 0 Å². The van der Waals surface area contributed by atoms with Crippen LogP contribution in [0.3, 0.4) is 0 Å². The first-order chi connectivity index (χ1) is 16.7. The average Bonchev–Trinajstić information content (AvgIpc) is 2.76. The molecule has 5 heteroatoms. The van der Waals surface area contributed by atoms with Gasteiger partial charge in [-0.2, -0.15) is 0 Å². The fraction of sp³-hybridized carbons (Fsp3) is 0.867. The molecule has 1 atom stereocenters. The number of unbranched alkanes of at least 4 members (excludes halogenated alkanes) is 16. The average molecular weight is 496 g/mol. The van der Waals surface area contributed by atoms with Gasteiger partial charge in [-0.15, -0.1) is 0 Å². The van der Waals surface area contributed by atoms with E-state index in [-0.39, 0.29) is 12.4 Å². The van der Waals surface area contributed by atoms with Crippen molar-refractivity contribution in [2.45, 2.75) is 141 Å². The number of hydrogen-bond acceptors (Lipinski definition) is 4. The Balaban J connectivity index is 3.47. The lowest BCUT2D eigenvalue weighted by atomic mass is 10.0. The molecule has 0 radical (unpaired) electrons. The summed E-state index contributed by atoms with van der Waals surface area (Å²) in [7, 11) is 5.85. The Morgan fingerprint density at radius 1 is 0.714 bits per heavy atom. The van der Waals surface area contributed by atoms with E-state index < -0.39 is 12.1 Å². The van der Waals surface area contributed by atoms with E-state index >= 15 is 0 Å². The maximum Gasteiger partial charge on any atom is 0.306 e. The van der Waals surface area contributed by atoms with Gasteiger partial charge in [0.25, 0.3) is 0 Å². The summed E-state index contributed by atoms with van der Waals surface area (Å²) in [6.07, 6.45) is 27.2. The Bertz CT molecular complexity index is 539. The minimum Gasteiger partial charge on any atom is -0.550 e. The Kier molecular flexibility index (Phi) is 22.2. The molecule has 0 saturated carbocycles. The van der Waals surface area contributed by atoms with Gasteiger partial charge in [-0.3, -0.25) is 4.79 Å². The molecule has 35 heavy (non-hydrogen) atoms. The van der Waals surface area contributed by atoms with E-state index in [0.29, 0.717) is 17.4 Å². The quantitative estimate of drug-likeness (QED) is 0.0609. The van der Waals surface area contributed by atoms with Crippen LogP contribution in [0.15, 0.2) is 12.2 Å². The molecule has 0 aliphatic rings. The lowest BCUT2D eigenvalue weighted by molar-refractivity contribution is -0.873. The third kappa shape index (κ3) is 27.1. The van der Waals surface area contributed by atoms with Gasteiger partial charge in [-0.1, -0.05) is 103 Å². The number of carboxylic acids is 1. The highest BCUT2D eigenvalue weighted by molar-refractivity contribution is 5.70. The molecule has 5 nitrogen and oxygen atoms in total. The topological polar surface area (TPSA) is 66.4 Å². The van der Waals surface area contributed by atoms with Crippen LogP contribution < -0.4 is 5.11 Å². The number of allylic oxidation sites excluding steroid dienone is 2. The Labute approximate surface area is 217 Å². The summed E-state index contributed by atoms with van der Waals surface area (Å²) in [5.41, 5.74) is 0. The van der Waals surface area contributed by atoms with E-state index in [9.17, 15) is 14.7 Å². The predicted octanol–water partition coefficient (Wildman–Crippen LogP) is 6.73. The van der Waals surface area contributed by atoms with Gasteiger partial charge in [0, 0.05) is 18.8 Å². The minimum absolute atomic E-state index is 0.238. The Hall–Kier alpha value is -1.36. The van der Waals surface area contributed by atoms with E-state index in [2.05, 4.69) is 19.1 Å². The number of carbonyl (C=O) groups excluding carboxylic acids is 2. The molecule has 0 heterocycles. The number of hydrogen-bond donors (Lipinski definition) is 0. The third-order valence-corrected chi connectivity index (χ3v) is 6.34. The first-order valence-electron chi connectivity index (χ1n) is 14.6. The summed E-state index contributed by atoms with van der Waals surface area (Å²) in [6.45, 7) is 2.73. The second kappa shape index (κ2) is 23.1. The molecule has 0 fully saturated rings. The normalized spacial score (nSPS) is 12.8. The summed E-state index contributed by atoms with van der Waals surface area (Å²) in [4.78, 5) is 23.0. The summed E-state index contributed by atoms with van der Waals surface area (Å²) >= 11 is 0. The van der Waals surface area contributed by atoms with Crippen LogP contribution in [-0.4, -0.2) is 50.2 Å². The van der Waals surface area contributed by atoms with E-state index in [1.54, 1.807) is 0 Å². The standard InChI is InChI=1S/C30H57NO4/c1-5-6-7-8-9-10-11-12-13-14-15-16-17-18-19-20-21-22-23-24-25-30(34)35-28(26-29(32)33)27-31(2,3)4/h9-10,28H,5-8,11-27H2,1-4H3/b10-9+. The van der Waals surface area contributed by atoms with Gasteiger partial charge in [0.05, 0.1) is 21.1 Å². The zero-order valence-corrected chi connectivity index (χ0v) is 23.7. The van der Waals surface area contributed by atoms with Crippen LogP contribution in [0.25, 0.3) is 0 Å². The zero-order chi connectivity index (χ0) is 26.2. The van der Waals surface area contributed by atoms with Gasteiger partial charge in [0.2, 0.25) is 0 Å². The van der Waals surface area contributed by atoms with Crippen molar-refractivity contribution in [2.75, 3.05) is 27.7 Å². The lowest BCUT2D eigenvalue weighted by Crippen LogP contribution is -2.45. The molecule has 0 spiro atoms. The van der Waals surface area contributed by atoms with Crippen molar-refractivity contribution in [3.63, 3.8) is 0 Å². The lowest BCUT2D eigenvalue weighted by Gasteiger charge is -2.29. The van der Waals surface area contributed by atoms with Crippen molar-refractivity contribution in [1.29, 1.82) is 0 Å². The van der Waals surface area contributed by atoms with Gasteiger partial charge in [-0.25, -0.2) is 0 Å². The van der Waals surface area contributed by atoms with E-state index in [0.717, 1.165) is 19.3 Å². The summed E-state index contributed by atoms with van der Waals surface area (Å²) < 4.78 is 5.94. The van der Waals surface area contributed by atoms with Gasteiger partial charge in [0.15, 0.2) is 6.10 Å². The zero-order valence-electron chi connectivity index (χ0n) is 23.7. The Morgan fingerprint density at radius 3 is 1.57 bits per heavy atom. The van der Waals surface area contributed by atoms with Gasteiger partial charge < -0.3 is 19.1 Å². The number of aliphatic carboxylic acids is 1. The second-order valence-electron chi connectivity index (χ2n) is 11.3. The number of rotatable bonds is 25. The van der Waals surface area contributed by atoms with Crippen LogP contribution in [0.1, 0.15) is 135 Å². The van der Waals surface area contributed by atoms with Crippen LogP contribution >= 0.6 is 0 Å². The third-order valence-electron chi connectivity index (χ3n) is 6.34. The number of quaternary nitrogens is 1. The molecule has 0 N–H and O–H groups in total. The number of carbonyl (C=O) groups is 2. The molecule has 0 aromatic carbocycles. The van der Waals surface area contributed by atoms with Crippen molar-refractivity contribution in [3.05, 3.63) is 12.2 Å². The minimum atomic E-state index is -1.17. The fourth-order valence-electron chi connectivity index (χ4n) is 4.41. The second-order valence-corrected chi connectivity index (χ2v) is 11.3. The number of esters is 1. The molecular weight excluding hydrogens is 438 g/mol. The van der Waals surface area contributed by atoms with E-state index in [1.165, 1.54) is 96.3 Å². The number of nitrogens with zero attached hydrogens (tertiary/aromatic N) is 1. The van der Waals surface area contributed by atoms with Crippen LogP contribution in [0.2, 0.25) is 0 Å². The summed E-state index contributed by atoms with van der Waals surface area (Å²) in [5.74, 6) is -1.46. The predicted molar refractivity (Wildman–Crippen MR) is 145 cm³/mol. The fourth-order valence-corrected chi connectivity index (χ4v) is 4.41. The molecular formula is C30H57NO4.